The maximum atomic E-state index is 12.6. The second kappa shape index (κ2) is 5.60. The maximum Gasteiger partial charge on any atom is 0.236 e. The molecule has 1 heterocycles. The van der Waals surface area contributed by atoms with Crippen LogP contribution in [0.25, 0.3) is 0 Å². The van der Waals surface area contributed by atoms with E-state index in [9.17, 15) is 4.79 Å². The van der Waals surface area contributed by atoms with E-state index < -0.39 is 5.54 Å². The second-order valence-corrected chi connectivity index (χ2v) is 8.30. The average Bonchev–Trinajstić information content (AvgIpc) is 2.80. The van der Waals surface area contributed by atoms with Gasteiger partial charge in [-0.05, 0) is 57.1 Å². The molecule has 1 unspecified atom stereocenters. The molecule has 2 aliphatic rings. The summed E-state index contributed by atoms with van der Waals surface area (Å²) in [6, 6.07) is 0. The van der Waals surface area contributed by atoms with Crippen molar-refractivity contribution in [2.75, 3.05) is 5.75 Å². The third-order valence-corrected chi connectivity index (χ3v) is 6.56. The van der Waals surface area contributed by atoms with Gasteiger partial charge in [-0.1, -0.05) is 19.1 Å². The molecule has 1 saturated carbocycles. The summed E-state index contributed by atoms with van der Waals surface area (Å²) < 4.78 is -0.291. The number of hydrogen-bond donors (Lipinski definition) is 2. The van der Waals surface area contributed by atoms with E-state index in [-0.39, 0.29) is 10.7 Å². The Morgan fingerprint density at radius 3 is 2.47 bits per heavy atom. The zero-order valence-corrected chi connectivity index (χ0v) is 13.5. The average molecular weight is 300 g/mol. The second-order valence-electron chi connectivity index (χ2n) is 6.27. The van der Waals surface area contributed by atoms with E-state index in [1.54, 1.807) is 11.8 Å². The number of rotatable bonds is 3. The molecule has 3 nitrogen and oxygen atoms in total. The highest BCUT2D eigenvalue weighted by Crippen LogP contribution is 2.39. The van der Waals surface area contributed by atoms with E-state index in [1.165, 1.54) is 0 Å². The van der Waals surface area contributed by atoms with Crippen LogP contribution in [0.1, 0.15) is 52.4 Å². The van der Waals surface area contributed by atoms with Crippen LogP contribution >= 0.6 is 24.0 Å². The number of carbonyl (C=O) groups is 1. The number of nitrogens with two attached hydrogens (primary N) is 1. The van der Waals surface area contributed by atoms with Crippen LogP contribution in [0, 0.1) is 5.92 Å². The molecule has 1 aliphatic heterocycles. The first kappa shape index (κ1) is 15.1. The van der Waals surface area contributed by atoms with Gasteiger partial charge in [0.2, 0.25) is 5.91 Å². The van der Waals surface area contributed by atoms with Crippen molar-refractivity contribution in [3.05, 3.63) is 0 Å². The molecule has 0 spiro atoms. The molecule has 0 aromatic carbocycles. The van der Waals surface area contributed by atoms with Crippen LogP contribution in [0.2, 0.25) is 0 Å². The number of amides is 1. The SMILES string of the molecule is CC1CCC(NC(=O)C2(C)CCCS2)(C(N)=S)CC1. The topological polar surface area (TPSA) is 55.1 Å². The Balaban J connectivity index is 2.09. The molecule has 1 atom stereocenters. The van der Waals surface area contributed by atoms with Gasteiger partial charge in [-0.25, -0.2) is 0 Å². The zero-order valence-electron chi connectivity index (χ0n) is 11.8. The molecule has 0 bridgehead atoms. The van der Waals surface area contributed by atoms with Crippen LogP contribution in [-0.4, -0.2) is 26.9 Å². The quantitative estimate of drug-likeness (QED) is 0.787. The van der Waals surface area contributed by atoms with Crippen LogP contribution in [-0.2, 0) is 4.79 Å². The van der Waals surface area contributed by atoms with Crippen LogP contribution in [0.4, 0.5) is 0 Å². The third kappa shape index (κ3) is 3.07. The lowest BCUT2D eigenvalue weighted by molar-refractivity contribution is -0.124. The molecule has 2 rings (SSSR count). The van der Waals surface area contributed by atoms with E-state index in [0.717, 1.165) is 44.3 Å². The van der Waals surface area contributed by atoms with Gasteiger partial charge in [0.25, 0.3) is 0 Å². The molecule has 0 radical (unpaired) electrons. The summed E-state index contributed by atoms with van der Waals surface area (Å²) >= 11 is 7.01. The van der Waals surface area contributed by atoms with Crippen molar-refractivity contribution in [1.29, 1.82) is 0 Å². The van der Waals surface area contributed by atoms with Gasteiger partial charge < -0.3 is 11.1 Å². The van der Waals surface area contributed by atoms with E-state index in [2.05, 4.69) is 12.2 Å². The Labute approximate surface area is 125 Å². The fourth-order valence-electron chi connectivity index (χ4n) is 3.00. The third-order valence-electron chi connectivity index (χ3n) is 4.65. The largest absolute Gasteiger partial charge is 0.391 e. The molecule has 19 heavy (non-hydrogen) atoms. The van der Waals surface area contributed by atoms with Gasteiger partial charge in [0, 0.05) is 0 Å². The molecule has 3 N–H and O–H groups in total. The molecule has 108 valence electrons. The van der Waals surface area contributed by atoms with Gasteiger partial charge in [-0.2, -0.15) is 0 Å². The number of hydrogen-bond acceptors (Lipinski definition) is 3. The molecule has 0 aromatic rings. The normalized spacial score (nSPS) is 38.9. The van der Waals surface area contributed by atoms with Crippen molar-refractivity contribution >= 4 is 34.9 Å². The molecule has 1 saturated heterocycles. The lowest BCUT2D eigenvalue weighted by Gasteiger charge is -2.41. The van der Waals surface area contributed by atoms with E-state index in [0.29, 0.717) is 10.9 Å². The number of carbonyl (C=O) groups excluding carboxylic acids is 1. The highest BCUT2D eigenvalue weighted by Gasteiger charge is 2.44. The molecule has 1 amide bonds. The molecule has 2 fully saturated rings. The van der Waals surface area contributed by atoms with Crippen molar-refractivity contribution in [3.8, 4) is 0 Å². The summed E-state index contributed by atoms with van der Waals surface area (Å²) in [5.74, 6) is 1.90. The number of nitrogens with one attached hydrogen (secondary N) is 1. The molecule has 5 heteroatoms. The molecule has 1 aliphatic carbocycles. The first-order chi connectivity index (χ1) is 8.88. The van der Waals surface area contributed by atoms with Crippen molar-refractivity contribution in [2.45, 2.75) is 62.7 Å². The van der Waals surface area contributed by atoms with Crippen LogP contribution < -0.4 is 11.1 Å². The summed E-state index contributed by atoms with van der Waals surface area (Å²) in [4.78, 5) is 13.0. The Morgan fingerprint density at radius 1 is 1.37 bits per heavy atom. The predicted octanol–water partition coefficient (Wildman–Crippen LogP) is 2.62. The summed E-state index contributed by atoms with van der Waals surface area (Å²) in [5, 5.41) is 3.21. The minimum Gasteiger partial charge on any atom is -0.391 e. The highest BCUT2D eigenvalue weighted by atomic mass is 32.2. The smallest absolute Gasteiger partial charge is 0.236 e. The monoisotopic (exact) mass is 300 g/mol. The Bertz CT molecular complexity index is 370. The van der Waals surface area contributed by atoms with E-state index in [1.807, 2.05) is 6.92 Å². The highest BCUT2D eigenvalue weighted by molar-refractivity contribution is 8.01. The Kier molecular flexibility index (Phi) is 4.45. The standard InChI is InChI=1S/C14H24N2OS2/c1-10-4-7-14(8-5-10,11(15)18)16-12(17)13(2)6-3-9-19-13/h10H,3-9H2,1-2H3,(H2,15,18)(H,16,17). The number of thiocarbonyl (C=S) groups is 1. The van der Waals surface area contributed by atoms with Gasteiger partial charge in [0.1, 0.15) is 0 Å². The first-order valence-electron chi connectivity index (χ1n) is 7.14. The Hall–Kier alpha value is -0.290. The van der Waals surface area contributed by atoms with Crippen LogP contribution in [0.5, 0.6) is 0 Å². The fourth-order valence-corrected chi connectivity index (χ4v) is 4.46. The van der Waals surface area contributed by atoms with Gasteiger partial charge in [-0.3, -0.25) is 4.79 Å². The lowest BCUT2D eigenvalue weighted by Crippen LogP contribution is -2.61. The first-order valence-corrected chi connectivity index (χ1v) is 8.54. The van der Waals surface area contributed by atoms with Gasteiger partial charge in [0.05, 0.1) is 15.3 Å². The van der Waals surface area contributed by atoms with Gasteiger partial charge in [0.15, 0.2) is 0 Å². The summed E-state index contributed by atoms with van der Waals surface area (Å²) in [6.07, 6.45) is 6.01. The zero-order chi connectivity index (χ0) is 14.1. The van der Waals surface area contributed by atoms with Crippen molar-refractivity contribution < 1.29 is 4.79 Å². The van der Waals surface area contributed by atoms with Crippen molar-refractivity contribution in [3.63, 3.8) is 0 Å². The summed E-state index contributed by atoms with van der Waals surface area (Å²) in [6.45, 7) is 4.29. The predicted molar refractivity (Wildman–Crippen MR) is 85.4 cm³/mol. The van der Waals surface area contributed by atoms with E-state index in [4.69, 9.17) is 18.0 Å². The van der Waals surface area contributed by atoms with E-state index >= 15 is 0 Å². The maximum absolute atomic E-state index is 12.6. The number of thioether (sulfide) groups is 1. The van der Waals surface area contributed by atoms with Crippen LogP contribution in [0.15, 0.2) is 0 Å². The van der Waals surface area contributed by atoms with Crippen LogP contribution in [0.3, 0.4) is 0 Å². The summed E-state index contributed by atoms with van der Waals surface area (Å²) in [5.41, 5.74) is 5.51. The molecular formula is C14H24N2OS2. The van der Waals surface area contributed by atoms with Gasteiger partial charge >= 0.3 is 0 Å². The summed E-state index contributed by atoms with van der Waals surface area (Å²) in [7, 11) is 0. The molecular weight excluding hydrogens is 276 g/mol. The Morgan fingerprint density at radius 2 is 2.00 bits per heavy atom. The lowest BCUT2D eigenvalue weighted by atomic mass is 9.76. The minimum atomic E-state index is -0.439. The molecule has 0 aromatic heterocycles. The van der Waals surface area contributed by atoms with Crippen molar-refractivity contribution in [1.82, 2.24) is 5.32 Å². The van der Waals surface area contributed by atoms with Gasteiger partial charge in [-0.15, -0.1) is 11.8 Å². The minimum absolute atomic E-state index is 0.123. The fraction of sp³-hybridized carbons (Fsp3) is 0.857. The van der Waals surface area contributed by atoms with Crippen molar-refractivity contribution in [2.24, 2.45) is 11.7 Å².